The van der Waals surface area contributed by atoms with E-state index in [1.165, 1.54) is 0 Å². The number of halogens is 2. The van der Waals surface area contributed by atoms with Crippen LogP contribution in [0.5, 0.6) is 0 Å². The van der Waals surface area contributed by atoms with Crippen molar-refractivity contribution in [2.75, 3.05) is 0 Å². The molecule has 0 aliphatic carbocycles. The van der Waals surface area contributed by atoms with Crippen LogP contribution in [0.4, 0.5) is 0 Å². The summed E-state index contributed by atoms with van der Waals surface area (Å²) in [7, 11) is 0. The van der Waals surface area contributed by atoms with Crippen LogP contribution in [-0.4, -0.2) is 10.9 Å². The van der Waals surface area contributed by atoms with E-state index in [2.05, 4.69) is 4.98 Å². The number of hydrogen-bond donors (Lipinski definition) is 3. The lowest BCUT2D eigenvalue weighted by Gasteiger charge is -1.95. The van der Waals surface area contributed by atoms with Crippen molar-refractivity contribution in [2.24, 2.45) is 5.84 Å². The van der Waals surface area contributed by atoms with Crippen molar-refractivity contribution in [3.05, 3.63) is 33.9 Å². The molecule has 2 rings (SSSR count). The van der Waals surface area contributed by atoms with Gasteiger partial charge in [0.05, 0.1) is 10.5 Å². The normalized spacial score (nSPS) is 10.6. The van der Waals surface area contributed by atoms with Crippen LogP contribution in [0, 0.1) is 0 Å². The third kappa shape index (κ3) is 1.79. The molecule has 1 aromatic heterocycles. The molecule has 15 heavy (non-hydrogen) atoms. The number of hydrazine groups is 1. The minimum atomic E-state index is -0.404. The number of carbonyl (C=O) groups is 1. The molecule has 0 atom stereocenters. The zero-order valence-corrected chi connectivity index (χ0v) is 8.99. The van der Waals surface area contributed by atoms with Crippen LogP contribution in [0.15, 0.2) is 18.2 Å². The van der Waals surface area contributed by atoms with Crippen molar-refractivity contribution < 1.29 is 4.79 Å². The maximum absolute atomic E-state index is 11.2. The summed E-state index contributed by atoms with van der Waals surface area (Å²) in [6.45, 7) is 0. The van der Waals surface area contributed by atoms with Gasteiger partial charge in [0, 0.05) is 10.4 Å². The highest BCUT2D eigenvalue weighted by molar-refractivity contribution is 6.38. The van der Waals surface area contributed by atoms with Gasteiger partial charge in [0.15, 0.2) is 0 Å². The number of benzene rings is 1. The Hall–Kier alpha value is -1.23. The molecule has 4 N–H and O–H groups in total. The molecule has 0 unspecified atom stereocenters. The summed E-state index contributed by atoms with van der Waals surface area (Å²) in [6, 6.07) is 4.95. The van der Waals surface area contributed by atoms with Crippen LogP contribution in [0.25, 0.3) is 10.9 Å². The van der Waals surface area contributed by atoms with Crippen LogP contribution in [0.3, 0.4) is 0 Å². The summed E-state index contributed by atoms with van der Waals surface area (Å²) < 4.78 is 0. The number of hydrogen-bond acceptors (Lipinski definition) is 2. The summed E-state index contributed by atoms with van der Waals surface area (Å²) in [5, 5.41) is 1.76. The van der Waals surface area contributed by atoms with Gasteiger partial charge in [-0.15, -0.1) is 0 Å². The number of aromatic nitrogens is 1. The van der Waals surface area contributed by atoms with Crippen molar-refractivity contribution in [1.82, 2.24) is 10.4 Å². The second kappa shape index (κ2) is 3.73. The number of H-pyrrole nitrogens is 1. The fourth-order valence-corrected chi connectivity index (χ4v) is 1.92. The minimum Gasteiger partial charge on any atom is -0.349 e. The number of aromatic amines is 1. The Morgan fingerprint density at radius 1 is 1.33 bits per heavy atom. The van der Waals surface area contributed by atoms with Gasteiger partial charge < -0.3 is 4.98 Å². The quantitative estimate of drug-likeness (QED) is 0.408. The molecule has 1 heterocycles. The standard InChI is InChI=1S/C9H7Cl2N3O/c10-5-1-4-2-7(9(15)14-12)13-8(4)6(11)3-5/h1-3,13H,12H2,(H,14,15). The number of nitrogens with one attached hydrogen (secondary N) is 2. The zero-order chi connectivity index (χ0) is 11.0. The van der Waals surface area contributed by atoms with Crippen molar-refractivity contribution in [1.29, 1.82) is 0 Å². The highest BCUT2D eigenvalue weighted by Crippen LogP contribution is 2.27. The predicted molar refractivity (Wildman–Crippen MR) is 60.0 cm³/mol. The molecule has 0 aliphatic heterocycles. The smallest absolute Gasteiger partial charge is 0.281 e. The summed E-state index contributed by atoms with van der Waals surface area (Å²) in [5.74, 6) is 4.61. The Labute approximate surface area is 95.3 Å². The lowest BCUT2D eigenvalue weighted by molar-refractivity contribution is 0.0949. The molecule has 0 bridgehead atoms. The molecule has 0 fully saturated rings. The van der Waals surface area contributed by atoms with Crippen LogP contribution >= 0.6 is 23.2 Å². The third-order valence-electron chi connectivity index (χ3n) is 2.02. The average Bonchev–Trinajstić information content (AvgIpc) is 2.60. The molecule has 0 aliphatic rings. The van der Waals surface area contributed by atoms with Crippen LogP contribution < -0.4 is 11.3 Å². The first kappa shape index (κ1) is 10.3. The molecule has 0 spiro atoms. The molecular formula is C9H7Cl2N3O. The third-order valence-corrected chi connectivity index (χ3v) is 2.54. The van der Waals surface area contributed by atoms with E-state index >= 15 is 0 Å². The minimum absolute atomic E-state index is 0.344. The van der Waals surface area contributed by atoms with E-state index in [0.29, 0.717) is 21.3 Å². The molecular weight excluding hydrogens is 237 g/mol. The molecule has 0 radical (unpaired) electrons. The molecule has 0 saturated carbocycles. The van der Waals surface area contributed by atoms with Crippen LogP contribution in [-0.2, 0) is 0 Å². The number of nitrogen functional groups attached to an aromatic ring is 1. The van der Waals surface area contributed by atoms with Gasteiger partial charge in [-0.2, -0.15) is 0 Å². The van der Waals surface area contributed by atoms with E-state index in [1.807, 2.05) is 5.43 Å². The van der Waals surface area contributed by atoms with E-state index in [9.17, 15) is 4.79 Å². The molecule has 0 saturated heterocycles. The Balaban J connectivity index is 2.65. The maximum Gasteiger partial charge on any atom is 0.281 e. The van der Waals surface area contributed by atoms with Crippen molar-refractivity contribution in [3.63, 3.8) is 0 Å². The molecule has 2 aromatic rings. The van der Waals surface area contributed by atoms with Crippen LogP contribution in [0.1, 0.15) is 10.5 Å². The topological polar surface area (TPSA) is 70.9 Å². The summed E-state index contributed by atoms with van der Waals surface area (Å²) in [5.41, 5.74) is 3.04. The van der Waals surface area contributed by atoms with Gasteiger partial charge in [-0.05, 0) is 18.2 Å². The maximum atomic E-state index is 11.2. The fourth-order valence-electron chi connectivity index (χ4n) is 1.37. The number of carbonyl (C=O) groups excluding carboxylic acids is 1. The SMILES string of the molecule is NNC(=O)c1cc2cc(Cl)cc(Cl)c2[nH]1. The molecule has 1 aromatic carbocycles. The number of amides is 1. The Kier molecular flexibility index (Phi) is 2.56. The number of rotatable bonds is 1. The lowest BCUT2D eigenvalue weighted by Crippen LogP contribution is -2.30. The molecule has 1 amide bonds. The highest BCUT2D eigenvalue weighted by atomic mass is 35.5. The first-order valence-electron chi connectivity index (χ1n) is 4.10. The van der Waals surface area contributed by atoms with Crippen molar-refractivity contribution in [2.45, 2.75) is 0 Å². The molecule has 78 valence electrons. The second-order valence-electron chi connectivity index (χ2n) is 3.01. The first-order valence-corrected chi connectivity index (χ1v) is 4.86. The predicted octanol–water partition coefficient (Wildman–Crippen LogP) is 2.08. The van der Waals surface area contributed by atoms with E-state index in [0.717, 1.165) is 5.39 Å². The van der Waals surface area contributed by atoms with Crippen molar-refractivity contribution >= 4 is 40.0 Å². The summed E-state index contributed by atoms with van der Waals surface area (Å²) in [6.07, 6.45) is 0. The lowest BCUT2D eigenvalue weighted by atomic mass is 10.2. The molecule has 4 nitrogen and oxygen atoms in total. The van der Waals surface area contributed by atoms with Gasteiger partial charge >= 0.3 is 0 Å². The van der Waals surface area contributed by atoms with Gasteiger partial charge in [-0.3, -0.25) is 10.2 Å². The molecule has 6 heteroatoms. The van der Waals surface area contributed by atoms with Gasteiger partial charge in [0.2, 0.25) is 0 Å². The highest BCUT2D eigenvalue weighted by Gasteiger charge is 2.10. The Morgan fingerprint density at radius 2 is 2.07 bits per heavy atom. The van der Waals surface area contributed by atoms with Crippen LogP contribution in [0.2, 0.25) is 10.0 Å². The summed E-state index contributed by atoms with van der Waals surface area (Å²) >= 11 is 11.8. The van der Waals surface area contributed by atoms with Gasteiger partial charge in [-0.1, -0.05) is 23.2 Å². The van der Waals surface area contributed by atoms with Gasteiger partial charge in [-0.25, -0.2) is 5.84 Å². The van der Waals surface area contributed by atoms with E-state index < -0.39 is 5.91 Å². The first-order chi connectivity index (χ1) is 7.11. The zero-order valence-electron chi connectivity index (χ0n) is 7.47. The number of fused-ring (bicyclic) bond motifs is 1. The van der Waals surface area contributed by atoms with Gasteiger partial charge in [0.25, 0.3) is 5.91 Å². The van der Waals surface area contributed by atoms with Gasteiger partial charge in [0.1, 0.15) is 5.69 Å². The van der Waals surface area contributed by atoms with Crippen molar-refractivity contribution in [3.8, 4) is 0 Å². The van der Waals surface area contributed by atoms with E-state index in [1.54, 1.807) is 18.2 Å². The van der Waals surface area contributed by atoms with E-state index in [-0.39, 0.29) is 0 Å². The fraction of sp³-hybridized carbons (Fsp3) is 0. The Bertz CT molecular complexity index is 535. The summed E-state index contributed by atoms with van der Waals surface area (Å²) in [4.78, 5) is 14.1. The average molecular weight is 244 g/mol. The monoisotopic (exact) mass is 243 g/mol. The number of nitrogens with two attached hydrogens (primary N) is 1. The largest absolute Gasteiger partial charge is 0.349 e. The Morgan fingerprint density at radius 3 is 2.73 bits per heavy atom. The van der Waals surface area contributed by atoms with E-state index in [4.69, 9.17) is 29.0 Å². The second-order valence-corrected chi connectivity index (χ2v) is 3.85.